The lowest BCUT2D eigenvalue weighted by atomic mass is 10.1. The molecule has 4 N–H and O–H groups in total. The van der Waals surface area contributed by atoms with E-state index in [1.165, 1.54) is 0 Å². The van der Waals surface area contributed by atoms with Crippen LogP contribution in [0.25, 0.3) is 6.08 Å². The molecule has 6 rings (SSSR count). The Labute approximate surface area is 308 Å². The Morgan fingerprint density at radius 2 is 1.21 bits per heavy atom. The van der Waals surface area contributed by atoms with Gasteiger partial charge < -0.3 is 29.2 Å². The van der Waals surface area contributed by atoms with Gasteiger partial charge >= 0.3 is 0 Å². The normalized spacial score (nSPS) is 17.1. The number of carbonyl (C=O) groups is 4. The van der Waals surface area contributed by atoms with Crippen molar-refractivity contribution in [2.75, 3.05) is 27.4 Å². The summed E-state index contributed by atoms with van der Waals surface area (Å²) in [6, 6.07) is 28.8. The van der Waals surface area contributed by atoms with Crippen LogP contribution < -0.4 is 29.6 Å². The van der Waals surface area contributed by atoms with E-state index < -0.39 is 12.2 Å². The van der Waals surface area contributed by atoms with Gasteiger partial charge in [0.2, 0.25) is 5.91 Å². The van der Waals surface area contributed by atoms with Crippen LogP contribution >= 0.6 is 23.5 Å². The van der Waals surface area contributed by atoms with E-state index in [0.29, 0.717) is 45.5 Å². The van der Waals surface area contributed by atoms with E-state index in [4.69, 9.17) is 18.9 Å². The van der Waals surface area contributed by atoms with Crippen molar-refractivity contribution in [3.63, 3.8) is 0 Å². The van der Waals surface area contributed by atoms with Gasteiger partial charge in [0.15, 0.2) is 0 Å². The second-order valence-corrected chi connectivity index (χ2v) is 13.5. The summed E-state index contributed by atoms with van der Waals surface area (Å²) < 4.78 is 21.7. The number of thioether (sulfide) groups is 2. The van der Waals surface area contributed by atoms with Crippen molar-refractivity contribution < 1.29 is 48.3 Å². The number of methoxy groups -OCH3 is 2. The van der Waals surface area contributed by atoms with E-state index in [2.05, 4.69) is 10.6 Å². The molecule has 3 atom stereocenters. The summed E-state index contributed by atoms with van der Waals surface area (Å²) in [5.41, 5.74) is 3.03. The van der Waals surface area contributed by atoms with Crippen molar-refractivity contribution >= 4 is 51.9 Å². The predicted octanol–water partition coefficient (Wildman–Crippen LogP) is 5.83. The molecule has 0 radical (unpaired) electrons. The van der Waals surface area contributed by atoms with Crippen LogP contribution in [-0.4, -0.2) is 65.2 Å². The molecule has 2 saturated heterocycles. The first-order chi connectivity index (χ1) is 25.1. The molecule has 52 heavy (non-hydrogen) atoms. The second-order valence-electron chi connectivity index (χ2n) is 11.3. The third-order valence-electron chi connectivity index (χ3n) is 7.74. The van der Waals surface area contributed by atoms with E-state index in [9.17, 15) is 29.4 Å². The minimum Gasteiger partial charge on any atom is -0.496 e. The highest BCUT2D eigenvalue weighted by molar-refractivity contribution is 8.18. The third-order valence-corrected chi connectivity index (χ3v) is 9.53. The number of aliphatic hydroxyl groups is 2. The van der Waals surface area contributed by atoms with Crippen molar-refractivity contribution in [3.8, 4) is 23.0 Å². The Hall–Kier alpha value is -5.28. The summed E-state index contributed by atoms with van der Waals surface area (Å²) in [5.74, 6) is 1.77. The molecule has 4 aromatic rings. The van der Waals surface area contributed by atoms with E-state index in [0.717, 1.165) is 34.7 Å². The van der Waals surface area contributed by atoms with Gasteiger partial charge in [0.05, 0.1) is 24.4 Å². The first-order valence-corrected chi connectivity index (χ1v) is 17.7. The molecule has 0 saturated carbocycles. The average molecular weight is 745 g/mol. The van der Waals surface area contributed by atoms with Crippen LogP contribution in [0.3, 0.4) is 0 Å². The zero-order valence-corrected chi connectivity index (χ0v) is 29.8. The van der Waals surface area contributed by atoms with Crippen LogP contribution in [0.1, 0.15) is 34.5 Å². The van der Waals surface area contributed by atoms with E-state index >= 15 is 0 Å². The van der Waals surface area contributed by atoms with Crippen LogP contribution in [0.15, 0.2) is 102 Å². The Kier molecular flexibility index (Phi) is 13.3. The molecular weight excluding hydrogens is 709 g/mol. The first-order valence-electron chi connectivity index (χ1n) is 16.0. The number of aliphatic hydroxyl groups excluding tert-OH is 2. The van der Waals surface area contributed by atoms with Crippen LogP contribution in [0.4, 0.5) is 9.59 Å². The zero-order chi connectivity index (χ0) is 37.0. The zero-order valence-electron chi connectivity index (χ0n) is 28.1. The van der Waals surface area contributed by atoms with Gasteiger partial charge in [-0.25, -0.2) is 0 Å². The Morgan fingerprint density at radius 3 is 1.67 bits per heavy atom. The molecule has 2 aliphatic rings. The van der Waals surface area contributed by atoms with E-state index in [-0.39, 0.29) is 40.8 Å². The molecule has 14 heteroatoms. The number of imide groups is 2. The summed E-state index contributed by atoms with van der Waals surface area (Å²) >= 11 is 1.89. The van der Waals surface area contributed by atoms with Gasteiger partial charge in [0, 0.05) is 11.1 Å². The number of nitrogens with one attached hydrogen (secondary N) is 2. The maximum absolute atomic E-state index is 11.6. The number of carbonyl (C=O) groups excluding carboxylic acids is 4. The summed E-state index contributed by atoms with van der Waals surface area (Å²) in [6.45, 7) is 0.169. The fourth-order valence-electron chi connectivity index (χ4n) is 5.11. The number of amides is 4. The lowest BCUT2D eigenvalue weighted by Gasteiger charge is -2.15. The highest BCUT2D eigenvalue weighted by Gasteiger charge is 2.31. The highest BCUT2D eigenvalue weighted by atomic mass is 32.2. The molecule has 2 aliphatic heterocycles. The van der Waals surface area contributed by atoms with Gasteiger partial charge in [-0.3, -0.25) is 29.8 Å². The molecular formula is C38H36N2O10S2. The molecule has 270 valence electrons. The Bertz CT molecular complexity index is 1920. The van der Waals surface area contributed by atoms with Crippen LogP contribution in [0.2, 0.25) is 0 Å². The quantitative estimate of drug-likeness (QED) is 0.121. The lowest BCUT2D eigenvalue weighted by molar-refractivity contribution is -0.119. The lowest BCUT2D eigenvalue weighted by Crippen LogP contribution is -2.25. The summed E-state index contributed by atoms with van der Waals surface area (Å²) in [5, 5.41) is 24.0. The SMILES string of the molecule is COc1ccccc1C(O)COc1ccc(/C=C2\SC(=O)NC2=O)cc1.COc1ccccc1C(O)COc1ccc(CC2SC(=O)NC2=O)cc1. The summed E-state index contributed by atoms with van der Waals surface area (Å²) in [6.07, 6.45) is 0.484. The highest BCUT2D eigenvalue weighted by Crippen LogP contribution is 2.29. The molecule has 4 aromatic carbocycles. The van der Waals surface area contributed by atoms with Crippen molar-refractivity contribution in [1.29, 1.82) is 0 Å². The van der Waals surface area contributed by atoms with Crippen LogP contribution in [-0.2, 0) is 16.0 Å². The van der Waals surface area contributed by atoms with Crippen LogP contribution in [0, 0.1) is 0 Å². The molecule has 0 aliphatic carbocycles. The van der Waals surface area contributed by atoms with Crippen molar-refractivity contribution in [3.05, 3.63) is 124 Å². The van der Waals surface area contributed by atoms with Crippen molar-refractivity contribution in [1.82, 2.24) is 10.6 Å². The van der Waals surface area contributed by atoms with Crippen molar-refractivity contribution in [2.45, 2.75) is 23.9 Å². The van der Waals surface area contributed by atoms with Gasteiger partial charge in [-0.05, 0) is 71.8 Å². The third kappa shape index (κ3) is 10.4. The largest absolute Gasteiger partial charge is 0.496 e. The topological polar surface area (TPSA) is 170 Å². The summed E-state index contributed by atoms with van der Waals surface area (Å²) in [7, 11) is 3.11. The number of rotatable bonds is 13. The van der Waals surface area contributed by atoms with Gasteiger partial charge in [0.1, 0.15) is 48.4 Å². The van der Waals surface area contributed by atoms with Gasteiger partial charge in [-0.1, -0.05) is 72.4 Å². The molecule has 0 spiro atoms. The maximum Gasteiger partial charge on any atom is 0.290 e. The molecule has 12 nitrogen and oxygen atoms in total. The molecule has 2 heterocycles. The maximum atomic E-state index is 11.6. The monoisotopic (exact) mass is 744 g/mol. The molecule has 3 unspecified atom stereocenters. The smallest absolute Gasteiger partial charge is 0.290 e. The number of para-hydroxylation sites is 2. The van der Waals surface area contributed by atoms with E-state index in [1.54, 1.807) is 81.0 Å². The van der Waals surface area contributed by atoms with E-state index in [1.807, 2.05) is 36.4 Å². The number of hydrogen-bond acceptors (Lipinski definition) is 12. The van der Waals surface area contributed by atoms with Gasteiger partial charge in [0.25, 0.3) is 16.4 Å². The average Bonchev–Trinajstić information content (AvgIpc) is 3.66. The summed E-state index contributed by atoms with van der Waals surface area (Å²) in [4.78, 5) is 45.9. The second kappa shape index (κ2) is 18.3. The van der Waals surface area contributed by atoms with Gasteiger partial charge in [-0.2, -0.15) is 0 Å². The molecule has 4 amide bonds. The Morgan fingerprint density at radius 1 is 0.692 bits per heavy atom. The molecule has 0 bridgehead atoms. The fourth-order valence-corrected chi connectivity index (χ4v) is 6.65. The predicted molar refractivity (Wildman–Crippen MR) is 198 cm³/mol. The molecule has 2 fully saturated rings. The standard InChI is InChI=1S/C19H19NO5S.C19H17NO5S/c2*1-24-16-5-3-2-4-14(16)15(21)11-25-13-8-6-12(7-9-13)10-17-18(22)20-19(23)26-17/h2-9,15,17,21H,10-11H2,1H3,(H,20,22,23);2-10,15,21H,11H2,1H3,(H,20,22,23)/b;17-10-. The molecule has 0 aromatic heterocycles. The Balaban J connectivity index is 0.000000201. The number of benzene rings is 4. The fraction of sp³-hybridized carbons (Fsp3) is 0.211. The number of hydrogen-bond donors (Lipinski definition) is 4. The van der Waals surface area contributed by atoms with Gasteiger partial charge in [-0.15, -0.1) is 0 Å². The van der Waals surface area contributed by atoms with Crippen molar-refractivity contribution in [2.24, 2.45) is 0 Å². The minimum absolute atomic E-state index is 0.0770. The number of ether oxygens (including phenoxy) is 4. The first kappa shape index (κ1) is 38.0. The van der Waals surface area contributed by atoms with Crippen LogP contribution in [0.5, 0.6) is 23.0 Å². The minimum atomic E-state index is -0.822.